The molecule has 1 rings (SSSR count). The molecule has 1 unspecified atom stereocenters. The molecular weight excluding hydrogens is 178 g/mol. The molecule has 1 heterocycles. The molecule has 0 spiro atoms. The Balaban J connectivity index is 2.78. The molecule has 0 saturated heterocycles. The predicted octanol–water partition coefficient (Wildman–Crippen LogP) is 1.67. The first-order chi connectivity index (χ1) is 5.66. The van der Waals surface area contributed by atoms with Crippen LogP contribution in [0.5, 0.6) is 0 Å². The minimum atomic E-state index is -0.341. The lowest BCUT2D eigenvalue weighted by Gasteiger charge is -2.13. The van der Waals surface area contributed by atoms with Gasteiger partial charge in [-0.25, -0.2) is 0 Å². The number of aliphatic hydroxyl groups excluding tert-OH is 1. The topological polar surface area (TPSA) is 49.7 Å². The molecule has 66 valence electrons. The lowest BCUT2D eigenvalue weighted by Crippen LogP contribution is -2.22. The second-order valence-corrected chi connectivity index (χ2v) is 3.04. The van der Waals surface area contributed by atoms with E-state index < -0.39 is 0 Å². The quantitative estimate of drug-likeness (QED) is 0.669. The Morgan fingerprint density at radius 2 is 2.42 bits per heavy atom. The summed E-state index contributed by atoms with van der Waals surface area (Å²) in [5.41, 5.74) is 0.380. The van der Waals surface area contributed by atoms with Crippen molar-refractivity contribution < 1.29 is 9.90 Å². The number of Topliss-reactive ketones (excluding diaryl/α,β-unsaturated/α-hetero) is 1. The third kappa shape index (κ3) is 1.67. The van der Waals surface area contributed by atoms with Crippen LogP contribution in [0.25, 0.3) is 0 Å². The molecule has 1 N–H and O–H groups in total. The third-order valence-corrected chi connectivity index (χ3v) is 2.00. The van der Waals surface area contributed by atoms with Gasteiger partial charge in [-0.05, 0) is 13.3 Å². The molecule has 3 nitrogen and oxygen atoms in total. The summed E-state index contributed by atoms with van der Waals surface area (Å²) in [6.45, 7) is 1.60. The van der Waals surface area contributed by atoms with E-state index in [9.17, 15) is 9.90 Å². The van der Waals surface area contributed by atoms with Gasteiger partial charge in [0.25, 0.3) is 0 Å². The summed E-state index contributed by atoms with van der Waals surface area (Å²) < 4.78 is 0. The van der Waals surface area contributed by atoms with Crippen LogP contribution in [0.3, 0.4) is 0 Å². The van der Waals surface area contributed by atoms with Crippen LogP contribution in [0, 0.1) is 5.92 Å². The number of carbonyl (C=O) groups excluding carboxylic acids is 1. The van der Waals surface area contributed by atoms with Gasteiger partial charge in [-0.3, -0.25) is 9.79 Å². The fourth-order valence-corrected chi connectivity index (χ4v) is 1.24. The third-order valence-electron chi connectivity index (χ3n) is 1.78. The largest absolute Gasteiger partial charge is 0.503 e. The number of nitrogens with zero attached hydrogens (tertiary/aromatic N) is 1. The number of allylic oxidation sites excluding steroid dienone is 2. The van der Waals surface area contributed by atoms with E-state index >= 15 is 0 Å². The van der Waals surface area contributed by atoms with Gasteiger partial charge < -0.3 is 5.11 Å². The second kappa shape index (κ2) is 3.72. The normalized spacial score (nSPS) is 23.5. The standard InChI is InChI=1S/C8H10ClNO2/c1-5-7(11)8(12)6(2-3-9)4-10-5/h4,6,11H,2-3H2,1H3. The zero-order valence-electron chi connectivity index (χ0n) is 6.75. The van der Waals surface area contributed by atoms with Crippen molar-refractivity contribution in [3.05, 3.63) is 11.5 Å². The average Bonchev–Trinajstić information content (AvgIpc) is 2.07. The maximum atomic E-state index is 11.3. The summed E-state index contributed by atoms with van der Waals surface area (Å²) in [6.07, 6.45) is 2.07. The summed E-state index contributed by atoms with van der Waals surface area (Å²) in [7, 11) is 0. The van der Waals surface area contributed by atoms with Crippen molar-refractivity contribution in [2.45, 2.75) is 13.3 Å². The summed E-state index contributed by atoms with van der Waals surface area (Å²) in [6, 6.07) is 0. The molecule has 0 radical (unpaired) electrons. The average molecular weight is 188 g/mol. The maximum absolute atomic E-state index is 11.3. The van der Waals surface area contributed by atoms with Crippen molar-refractivity contribution in [3.63, 3.8) is 0 Å². The van der Waals surface area contributed by atoms with Gasteiger partial charge in [-0.15, -0.1) is 11.6 Å². The summed E-state index contributed by atoms with van der Waals surface area (Å²) in [5, 5.41) is 9.22. The number of rotatable bonds is 2. The van der Waals surface area contributed by atoms with E-state index in [1.54, 1.807) is 13.1 Å². The Kier molecular flexibility index (Phi) is 2.87. The molecule has 0 fully saturated rings. The number of carbonyl (C=O) groups is 1. The molecule has 1 aliphatic heterocycles. The molecule has 0 amide bonds. The first-order valence-electron chi connectivity index (χ1n) is 3.71. The molecule has 0 aromatic rings. The van der Waals surface area contributed by atoms with E-state index in [1.165, 1.54) is 0 Å². The predicted molar refractivity (Wildman–Crippen MR) is 47.7 cm³/mol. The first-order valence-corrected chi connectivity index (χ1v) is 4.24. The molecule has 4 heteroatoms. The van der Waals surface area contributed by atoms with Gasteiger partial charge in [-0.1, -0.05) is 0 Å². The van der Waals surface area contributed by atoms with Crippen molar-refractivity contribution >= 4 is 23.6 Å². The SMILES string of the molecule is CC1=C(O)C(=O)C(CCCl)C=N1. The fraction of sp³-hybridized carbons (Fsp3) is 0.500. The van der Waals surface area contributed by atoms with Crippen LogP contribution in [0.15, 0.2) is 16.4 Å². The minimum absolute atomic E-state index is 0.229. The van der Waals surface area contributed by atoms with Gasteiger partial charge in [0, 0.05) is 12.1 Å². The van der Waals surface area contributed by atoms with E-state index in [2.05, 4.69) is 4.99 Å². The van der Waals surface area contributed by atoms with Gasteiger partial charge >= 0.3 is 0 Å². The zero-order chi connectivity index (χ0) is 9.14. The molecule has 0 saturated carbocycles. The molecule has 12 heavy (non-hydrogen) atoms. The second-order valence-electron chi connectivity index (χ2n) is 2.66. The molecular formula is C8H10ClNO2. The van der Waals surface area contributed by atoms with Crippen LogP contribution in [-0.2, 0) is 4.79 Å². The van der Waals surface area contributed by atoms with Crippen LogP contribution >= 0.6 is 11.6 Å². The van der Waals surface area contributed by atoms with Crippen molar-refractivity contribution in [3.8, 4) is 0 Å². The summed E-state index contributed by atoms with van der Waals surface area (Å²) >= 11 is 5.47. The van der Waals surface area contributed by atoms with Crippen LogP contribution < -0.4 is 0 Å². The number of aliphatic imine (C=N–C) groups is 1. The van der Waals surface area contributed by atoms with E-state index in [1.807, 2.05) is 0 Å². The number of hydrogen-bond acceptors (Lipinski definition) is 3. The Morgan fingerprint density at radius 3 is 3.00 bits per heavy atom. The Morgan fingerprint density at radius 1 is 1.75 bits per heavy atom. The van der Waals surface area contributed by atoms with Crippen LogP contribution in [0.1, 0.15) is 13.3 Å². The molecule has 1 aliphatic rings. The Labute approximate surface area is 75.8 Å². The molecule has 0 aromatic carbocycles. The van der Waals surface area contributed by atoms with E-state index in [0.29, 0.717) is 18.0 Å². The van der Waals surface area contributed by atoms with E-state index in [4.69, 9.17) is 11.6 Å². The maximum Gasteiger partial charge on any atom is 0.207 e. The number of halogens is 1. The van der Waals surface area contributed by atoms with Crippen molar-refractivity contribution in [1.82, 2.24) is 0 Å². The zero-order valence-corrected chi connectivity index (χ0v) is 7.51. The Hall–Kier alpha value is -0.830. The fourth-order valence-electron chi connectivity index (χ4n) is 1.01. The monoisotopic (exact) mass is 187 g/mol. The van der Waals surface area contributed by atoms with E-state index in [0.717, 1.165) is 0 Å². The highest BCUT2D eigenvalue weighted by Gasteiger charge is 2.24. The highest BCUT2D eigenvalue weighted by Crippen LogP contribution is 2.17. The molecule has 0 bridgehead atoms. The lowest BCUT2D eigenvalue weighted by molar-refractivity contribution is -0.120. The van der Waals surface area contributed by atoms with Crippen LogP contribution in [0.2, 0.25) is 0 Å². The first kappa shape index (κ1) is 9.26. The van der Waals surface area contributed by atoms with Gasteiger partial charge in [0.05, 0.1) is 11.6 Å². The highest BCUT2D eigenvalue weighted by atomic mass is 35.5. The molecule has 0 aromatic heterocycles. The van der Waals surface area contributed by atoms with Crippen molar-refractivity contribution in [2.24, 2.45) is 10.9 Å². The lowest BCUT2D eigenvalue weighted by atomic mass is 9.98. The summed E-state index contributed by atoms with van der Waals surface area (Å²) in [4.78, 5) is 15.2. The number of alkyl halides is 1. The smallest absolute Gasteiger partial charge is 0.207 e. The van der Waals surface area contributed by atoms with Crippen molar-refractivity contribution in [2.75, 3.05) is 5.88 Å². The summed E-state index contributed by atoms with van der Waals surface area (Å²) in [5.74, 6) is -0.448. The van der Waals surface area contributed by atoms with Gasteiger partial charge in [-0.2, -0.15) is 0 Å². The van der Waals surface area contributed by atoms with Gasteiger partial charge in [0.2, 0.25) is 5.78 Å². The Bertz CT molecular complexity index is 258. The van der Waals surface area contributed by atoms with Gasteiger partial charge in [0.15, 0.2) is 5.76 Å². The highest BCUT2D eigenvalue weighted by molar-refractivity contribution is 6.18. The molecule has 0 aliphatic carbocycles. The van der Waals surface area contributed by atoms with Gasteiger partial charge in [0.1, 0.15) is 0 Å². The minimum Gasteiger partial charge on any atom is -0.503 e. The number of hydrogen-bond donors (Lipinski definition) is 1. The van der Waals surface area contributed by atoms with Crippen LogP contribution in [0.4, 0.5) is 0 Å². The number of aliphatic hydroxyl groups is 1. The van der Waals surface area contributed by atoms with Crippen molar-refractivity contribution in [1.29, 1.82) is 0 Å². The van der Waals surface area contributed by atoms with E-state index in [-0.39, 0.29) is 17.5 Å². The molecule has 1 atom stereocenters. The number of ketones is 1. The van der Waals surface area contributed by atoms with Crippen LogP contribution in [-0.4, -0.2) is 23.0 Å².